The molecule has 6 heteroatoms. The lowest BCUT2D eigenvalue weighted by atomic mass is 9.98. The third-order valence-electron chi connectivity index (χ3n) is 3.92. The van der Waals surface area contributed by atoms with Gasteiger partial charge >= 0.3 is 5.97 Å². The fraction of sp³-hybridized carbons (Fsp3) is 0.533. The van der Waals surface area contributed by atoms with Gasteiger partial charge in [-0.05, 0) is 31.7 Å². The summed E-state index contributed by atoms with van der Waals surface area (Å²) in [6.07, 6.45) is 8.10. The van der Waals surface area contributed by atoms with E-state index >= 15 is 0 Å². The zero-order valence-electron chi connectivity index (χ0n) is 11.8. The molecule has 2 aromatic rings. The van der Waals surface area contributed by atoms with Crippen LogP contribution in [-0.4, -0.2) is 32.4 Å². The first-order valence-electron chi connectivity index (χ1n) is 7.44. The van der Waals surface area contributed by atoms with Crippen molar-refractivity contribution in [3.8, 4) is 5.88 Å². The first-order chi connectivity index (χ1) is 10.2. The third-order valence-corrected chi connectivity index (χ3v) is 3.92. The smallest absolute Gasteiger partial charge is 0.303 e. The van der Waals surface area contributed by atoms with Crippen LogP contribution in [0.4, 0.5) is 0 Å². The molecule has 0 aliphatic heterocycles. The van der Waals surface area contributed by atoms with Crippen LogP contribution in [0, 0.1) is 0 Å². The van der Waals surface area contributed by atoms with E-state index in [1.807, 2.05) is 6.07 Å². The number of fused-ring (bicyclic) bond motifs is 1. The van der Waals surface area contributed by atoms with Crippen molar-refractivity contribution in [2.45, 2.75) is 51.0 Å². The van der Waals surface area contributed by atoms with Gasteiger partial charge in [0.1, 0.15) is 6.10 Å². The molecular formula is C15H19N3O3. The number of hydrogen-bond donors (Lipinski definition) is 2. The summed E-state index contributed by atoms with van der Waals surface area (Å²) < 4.78 is 6.06. The van der Waals surface area contributed by atoms with E-state index < -0.39 is 5.97 Å². The first-order valence-corrected chi connectivity index (χ1v) is 7.44. The van der Waals surface area contributed by atoms with E-state index in [0.717, 1.165) is 23.7 Å². The maximum atomic E-state index is 10.7. The highest BCUT2D eigenvalue weighted by molar-refractivity contribution is 5.86. The lowest BCUT2D eigenvalue weighted by Crippen LogP contribution is -2.20. The summed E-state index contributed by atoms with van der Waals surface area (Å²) >= 11 is 0. The van der Waals surface area contributed by atoms with Crippen molar-refractivity contribution >= 4 is 16.9 Å². The number of pyridine rings is 1. The predicted octanol–water partition coefficient (Wildman–Crippen LogP) is 2.69. The van der Waals surface area contributed by atoms with Crippen LogP contribution in [0.3, 0.4) is 0 Å². The van der Waals surface area contributed by atoms with E-state index in [9.17, 15) is 4.79 Å². The van der Waals surface area contributed by atoms with E-state index in [1.54, 1.807) is 6.20 Å². The number of nitrogens with one attached hydrogen (secondary N) is 1. The van der Waals surface area contributed by atoms with E-state index in [-0.39, 0.29) is 12.5 Å². The number of rotatable bonds is 5. The Balaban J connectivity index is 1.86. The SMILES string of the molecule is O=C(O)CCc1n[nH]c2ccnc(OC3CCCCC3)c12. The molecule has 0 spiro atoms. The second kappa shape index (κ2) is 6.11. The Hall–Kier alpha value is -2.11. The predicted molar refractivity (Wildman–Crippen MR) is 77.3 cm³/mol. The largest absolute Gasteiger partial charge is 0.481 e. The molecular weight excluding hydrogens is 270 g/mol. The molecule has 112 valence electrons. The fourth-order valence-electron chi connectivity index (χ4n) is 2.83. The van der Waals surface area contributed by atoms with Crippen LogP contribution in [0.5, 0.6) is 5.88 Å². The Morgan fingerprint density at radius 1 is 1.38 bits per heavy atom. The van der Waals surface area contributed by atoms with Crippen LogP contribution < -0.4 is 4.74 Å². The Morgan fingerprint density at radius 2 is 2.19 bits per heavy atom. The highest BCUT2D eigenvalue weighted by Crippen LogP contribution is 2.29. The van der Waals surface area contributed by atoms with Gasteiger partial charge in [0.15, 0.2) is 0 Å². The molecule has 2 heterocycles. The summed E-state index contributed by atoms with van der Waals surface area (Å²) in [4.78, 5) is 15.1. The molecule has 2 N–H and O–H groups in total. The second-order valence-electron chi connectivity index (χ2n) is 5.48. The van der Waals surface area contributed by atoms with Gasteiger partial charge in [-0.15, -0.1) is 0 Å². The van der Waals surface area contributed by atoms with Gasteiger partial charge < -0.3 is 9.84 Å². The maximum Gasteiger partial charge on any atom is 0.303 e. The fourth-order valence-corrected chi connectivity index (χ4v) is 2.83. The quantitative estimate of drug-likeness (QED) is 0.883. The molecule has 2 aromatic heterocycles. The van der Waals surface area contributed by atoms with Gasteiger partial charge in [0, 0.05) is 12.6 Å². The highest BCUT2D eigenvalue weighted by atomic mass is 16.5. The van der Waals surface area contributed by atoms with Gasteiger partial charge in [-0.25, -0.2) is 4.98 Å². The summed E-state index contributed by atoms with van der Waals surface area (Å²) in [5.74, 6) is -0.252. The zero-order chi connectivity index (χ0) is 14.7. The van der Waals surface area contributed by atoms with E-state index in [0.29, 0.717) is 18.0 Å². The molecule has 1 fully saturated rings. The third kappa shape index (κ3) is 3.15. The lowest BCUT2D eigenvalue weighted by Gasteiger charge is -2.22. The highest BCUT2D eigenvalue weighted by Gasteiger charge is 2.19. The van der Waals surface area contributed by atoms with Crippen molar-refractivity contribution in [3.63, 3.8) is 0 Å². The summed E-state index contributed by atoms with van der Waals surface area (Å²) in [6.45, 7) is 0. The number of hydrogen-bond acceptors (Lipinski definition) is 4. The molecule has 0 radical (unpaired) electrons. The molecule has 1 aliphatic rings. The van der Waals surface area contributed by atoms with Gasteiger partial charge in [-0.3, -0.25) is 9.89 Å². The average Bonchev–Trinajstić information content (AvgIpc) is 2.90. The minimum absolute atomic E-state index is 0.0533. The van der Waals surface area contributed by atoms with Crippen molar-refractivity contribution < 1.29 is 14.6 Å². The second-order valence-corrected chi connectivity index (χ2v) is 5.48. The number of carboxylic acids is 1. The van der Waals surface area contributed by atoms with Crippen molar-refractivity contribution in [2.75, 3.05) is 0 Å². The number of carbonyl (C=O) groups is 1. The number of carboxylic acid groups (broad SMARTS) is 1. The van der Waals surface area contributed by atoms with Crippen LogP contribution in [-0.2, 0) is 11.2 Å². The molecule has 0 amide bonds. The molecule has 1 saturated carbocycles. The number of aromatic amines is 1. The molecule has 0 atom stereocenters. The summed E-state index contributed by atoms with van der Waals surface area (Å²) in [6, 6.07) is 1.83. The maximum absolute atomic E-state index is 10.7. The minimum Gasteiger partial charge on any atom is -0.481 e. The molecule has 0 bridgehead atoms. The van der Waals surface area contributed by atoms with Crippen LogP contribution in [0.2, 0.25) is 0 Å². The summed E-state index contributed by atoms with van der Waals surface area (Å²) in [5, 5.41) is 16.8. The van der Waals surface area contributed by atoms with Gasteiger partial charge in [0.05, 0.1) is 23.0 Å². The topological polar surface area (TPSA) is 88.1 Å². The Labute approximate surface area is 122 Å². The number of nitrogens with zero attached hydrogens (tertiary/aromatic N) is 2. The van der Waals surface area contributed by atoms with Crippen LogP contribution in [0.25, 0.3) is 10.9 Å². The minimum atomic E-state index is -0.829. The Morgan fingerprint density at radius 3 is 2.95 bits per heavy atom. The van der Waals surface area contributed by atoms with Gasteiger partial charge in [-0.2, -0.15) is 5.10 Å². The molecule has 6 nitrogen and oxygen atoms in total. The Bertz CT molecular complexity index is 632. The van der Waals surface area contributed by atoms with Crippen LogP contribution in [0.1, 0.15) is 44.2 Å². The summed E-state index contributed by atoms with van der Waals surface area (Å²) in [5.41, 5.74) is 1.56. The number of aliphatic carboxylic acids is 1. The molecule has 1 aliphatic carbocycles. The number of aromatic nitrogens is 3. The molecule has 21 heavy (non-hydrogen) atoms. The monoisotopic (exact) mass is 289 g/mol. The van der Waals surface area contributed by atoms with Crippen molar-refractivity contribution in [1.82, 2.24) is 15.2 Å². The number of ether oxygens (including phenoxy) is 1. The number of aryl methyl sites for hydroxylation is 1. The Kier molecular flexibility index (Phi) is 4.03. The average molecular weight is 289 g/mol. The van der Waals surface area contributed by atoms with Gasteiger partial charge in [0.2, 0.25) is 5.88 Å². The van der Waals surface area contributed by atoms with E-state index in [4.69, 9.17) is 9.84 Å². The lowest BCUT2D eigenvalue weighted by molar-refractivity contribution is -0.136. The van der Waals surface area contributed by atoms with Crippen LogP contribution in [0.15, 0.2) is 12.3 Å². The van der Waals surface area contributed by atoms with Crippen LogP contribution >= 0.6 is 0 Å². The zero-order valence-corrected chi connectivity index (χ0v) is 11.8. The van der Waals surface area contributed by atoms with Crippen molar-refractivity contribution in [3.05, 3.63) is 18.0 Å². The van der Waals surface area contributed by atoms with Crippen molar-refractivity contribution in [2.24, 2.45) is 0 Å². The number of H-pyrrole nitrogens is 1. The normalized spacial score (nSPS) is 16.2. The standard InChI is InChI=1S/C15H19N3O3/c19-13(20)7-6-11-14-12(18-17-11)8-9-16-15(14)21-10-4-2-1-3-5-10/h8-10H,1-7H2,(H,17,18)(H,19,20). The summed E-state index contributed by atoms with van der Waals surface area (Å²) in [7, 11) is 0. The van der Waals surface area contributed by atoms with Crippen molar-refractivity contribution in [1.29, 1.82) is 0 Å². The molecule has 0 aromatic carbocycles. The van der Waals surface area contributed by atoms with Gasteiger partial charge in [-0.1, -0.05) is 6.42 Å². The molecule has 3 rings (SSSR count). The van der Waals surface area contributed by atoms with E-state index in [1.165, 1.54) is 19.3 Å². The van der Waals surface area contributed by atoms with E-state index in [2.05, 4.69) is 15.2 Å². The van der Waals surface area contributed by atoms with Gasteiger partial charge in [0.25, 0.3) is 0 Å². The molecule has 0 saturated heterocycles. The molecule has 0 unspecified atom stereocenters. The first kappa shape index (κ1) is 13.9.